The third-order valence-electron chi connectivity index (χ3n) is 2.98. The van der Waals surface area contributed by atoms with Crippen LogP contribution in [0.15, 0.2) is 30.5 Å². The van der Waals surface area contributed by atoms with Crippen LogP contribution in [0.5, 0.6) is 0 Å². The molecule has 0 fully saturated rings. The largest absolute Gasteiger partial charge is 0.513 e. The second kappa shape index (κ2) is 11.1. The van der Waals surface area contributed by atoms with Gasteiger partial charge in [0.05, 0.1) is 5.75 Å². The monoisotopic (exact) mass is 399 g/mol. The maximum atomic E-state index is 11.3. The zero-order valence-electron chi connectivity index (χ0n) is 13.1. The van der Waals surface area contributed by atoms with Gasteiger partial charge in [-0.25, -0.2) is 9.59 Å². The minimum Gasteiger partial charge on any atom is -0.449 e. The number of esters is 1. The van der Waals surface area contributed by atoms with Crippen molar-refractivity contribution < 1.29 is 32.4 Å². The van der Waals surface area contributed by atoms with Crippen LogP contribution in [0, 0.1) is 0 Å². The van der Waals surface area contributed by atoms with Crippen molar-refractivity contribution in [2.75, 3.05) is 12.3 Å². The molecule has 1 aromatic carbocycles. The number of nitrogens with two attached hydrogens (primary N) is 2. The molecule has 10 nitrogen and oxygen atoms in total. The van der Waals surface area contributed by atoms with Crippen LogP contribution in [-0.2, 0) is 26.1 Å². The molecule has 0 saturated carbocycles. The summed E-state index contributed by atoms with van der Waals surface area (Å²) in [5.41, 5.74) is 12.2. The number of rotatable bonds is 5. The fraction of sp³-hybridized carbons (Fsp3) is 0.286. The Morgan fingerprint density at radius 1 is 1.27 bits per heavy atom. The Bertz CT molecular complexity index is 838. The Kier molecular flexibility index (Phi) is 10.4. The number of carbonyl (C=O) groups excluding carboxylic acids is 1. The predicted molar refractivity (Wildman–Crippen MR) is 98.1 cm³/mol. The van der Waals surface area contributed by atoms with Gasteiger partial charge in [0.1, 0.15) is 6.04 Å². The van der Waals surface area contributed by atoms with E-state index in [1.165, 1.54) is 0 Å². The van der Waals surface area contributed by atoms with Gasteiger partial charge < -0.3 is 26.3 Å². The summed E-state index contributed by atoms with van der Waals surface area (Å²) in [5, 5.41) is 9.28. The molecule has 1 atom stereocenters. The molecule has 2 rings (SSSR count). The SMILES string of the molecule is NCCS(=O)(=O)O.N[C@@H](Cc1c[nH]c2ccccc12)C(=O)OC(=O)O.[MgH2]. The molecule has 12 heteroatoms. The minimum atomic E-state index is -3.80. The maximum Gasteiger partial charge on any atom is 0.513 e. The van der Waals surface area contributed by atoms with Crippen molar-refractivity contribution in [1.29, 1.82) is 0 Å². The molecule has 142 valence electrons. The first kappa shape index (κ1) is 24.3. The van der Waals surface area contributed by atoms with Crippen LogP contribution in [0.1, 0.15) is 5.56 Å². The highest BCUT2D eigenvalue weighted by Crippen LogP contribution is 2.18. The second-order valence-corrected chi connectivity index (χ2v) is 6.50. The first-order valence-electron chi connectivity index (χ1n) is 7.04. The topological polar surface area (TPSA) is 186 Å². The van der Waals surface area contributed by atoms with E-state index in [0.717, 1.165) is 16.5 Å². The Balaban J connectivity index is 0.000000673. The molecule has 0 saturated heterocycles. The van der Waals surface area contributed by atoms with Gasteiger partial charge in [0, 0.05) is 30.1 Å². The van der Waals surface area contributed by atoms with Crippen molar-refractivity contribution in [2.45, 2.75) is 12.5 Å². The molecule has 0 amide bonds. The smallest absolute Gasteiger partial charge is 0.449 e. The number of carboxylic acid groups (broad SMARTS) is 1. The van der Waals surface area contributed by atoms with E-state index in [9.17, 15) is 18.0 Å². The summed E-state index contributed by atoms with van der Waals surface area (Å²) in [6.07, 6.45) is 0.323. The molecule has 0 aliphatic carbocycles. The van der Waals surface area contributed by atoms with Gasteiger partial charge in [0.15, 0.2) is 0 Å². The fourth-order valence-corrected chi connectivity index (χ4v) is 2.23. The summed E-state index contributed by atoms with van der Waals surface area (Å²) >= 11 is 0. The summed E-state index contributed by atoms with van der Waals surface area (Å²) < 4.78 is 31.3. The number of H-pyrrole nitrogens is 1. The Morgan fingerprint density at radius 2 is 1.88 bits per heavy atom. The van der Waals surface area contributed by atoms with Crippen LogP contribution >= 0.6 is 0 Å². The highest BCUT2D eigenvalue weighted by Gasteiger charge is 2.20. The number of hydrogen-bond donors (Lipinski definition) is 5. The van der Waals surface area contributed by atoms with Gasteiger partial charge in [-0.1, -0.05) is 18.2 Å². The molecule has 7 N–H and O–H groups in total. The number of ether oxygens (including phenoxy) is 1. The molecule has 26 heavy (non-hydrogen) atoms. The number of aromatic nitrogens is 1. The lowest BCUT2D eigenvalue weighted by Gasteiger charge is -2.07. The van der Waals surface area contributed by atoms with Gasteiger partial charge >= 0.3 is 35.2 Å². The number of hydrogen-bond acceptors (Lipinski definition) is 7. The zero-order valence-corrected chi connectivity index (χ0v) is 13.9. The lowest BCUT2D eigenvalue weighted by atomic mass is 10.1. The number of nitrogens with one attached hydrogen (secondary N) is 1. The van der Waals surface area contributed by atoms with Crippen molar-refractivity contribution in [3.63, 3.8) is 0 Å². The van der Waals surface area contributed by atoms with E-state index in [4.69, 9.17) is 21.1 Å². The lowest BCUT2D eigenvalue weighted by Crippen LogP contribution is -2.35. The Morgan fingerprint density at radius 3 is 2.38 bits per heavy atom. The van der Waals surface area contributed by atoms with Crippen molar-refractivity contribution in [2.24, 2.45) is 11.5 Å². The Hall–Kier alpha value is -1.70. The van der Waals surface area contributed by atoms with Crippen molar-refractivity contribution in [3.05, 3.63) is 36.0 Å². The van der Waals surface area contributed by atoms with Crippen molar-refractivity contribution in [3.8, 4) is 0 Å². The third-order valence-corrected chi connectivity index (χ3v) is 3.73. The van der Waals surface area contributed by atoms with Crippen LogP contribution < -0.4 is 11.5 Å². The quantitative estimate of drug-likeness (QED) is 0.185. The summed E-state index contributed by atoms with van der Waals surface area (Å²) in [4.78, 5) is 24.6. The lowest BCUT2D eigenvalue weighted by molar-refractivity contribution is -0.140. The van der Waals surface area contributed by atoms with Gasteiger partial charge in [0.25, 0.3) is 10.1 Å². The summed E-state index contributed by atoms with van der Waals surface area (Å²) in [7, 11) is -3.80. The number of para-hydroxylation sites is 1. The first-order chi connectivity index (χ1) is 11.6. The average molecular weight is 400 g/mol. The molecule has 0 spiro atoms. The molecule has 0 aliphatic heterocycles. The summed E-state index contributed by atoms with van der Waals surface area (Å²) in [6.45, 7) is -0.0289. The molecular formula is C14H21MgN3O7S. The molecule has 0 aliphatic rings. The molecule has 0 bridgehead atoms. The average Bonchev–Trinajstić information content (AvgIpc) is 2.89. The van der Waals surface area contributed by atoms with E-state index in [-0.39, 0.29) is 41.8 Å². The molecule has 1 aromatic heterocycles. The van der Waals surface area contributed by atoms with Gasteiger partial charge in [-0.2, -0.15) is 8.42 Å². The van der Waals surface area contributed by atoms with E-state index < -0.39 is 28.3 Å². The summed E-state index contributed by atoms with van der Waals surface area (Å²) in [5.74, 6) is -1.31. The molecule has 1 heterocycles. The van der Waals surface area contributed by atoms with Gasteiger partial charge in [-0.3, -0.25) is 4.55 Å². The number of carbonyl (C=O) groups is 2. The van der Waals surface area contributed by atoms with E-state index in [1.807, 2.05) is 24.3 Å². The molecule has 0 unspecified atom stereocenters. The molecule has 0 radical (unpaired) electrons. The third kappa shape index (κ3) is 8.60. The predicted octanol–water partition coefficient (Wildman–Crippen LogP) is -0.824. The van der Waals surface area contributed by atoms with E-state index in [2.05, 4.69) is 9.72 Å². The zero-order chi connectivity index (χ0) is 19.0. The Labute approximate surface area is 165 Å². The summed E-state index contributed by atoms with van der Waals surface area (Å²) in [6, 6.07) is 6.57. The van der Waals surface area contributed by atoms with Crippen LogP contribution in [0.2, 0.25) is 0 Å². The van der Waals surface area contributed by atoms with Crippen LogP contribution in [0.3, 0.4) is 0 Å². The normalized spacial score (nSPS) is 11.7. The maximum absolute atomic E-state index is 11.3. The van der Waals surface area contributed by atoms with E-state index in [0.29, 0.717) is 0 Å². The van der Waals surface area contributed by atoms with Gasteiger partial charge in [-0.05, 0) is 11.6 Å². The minimum absolute atomic E-state index is 0. The van der Waals surface area contributed by atoms with E-state index in [1.54, 1.807) is 6.20 Å². The van der Waals surface area contributed by atoms with Crippen molar-refractivity contribution >= 4 is 56.2 Å². The number of benzene rings is 1. The number of aromatic amines is 1. The number of fused-ring (bicyclic) bond motifs is 1. The second-order valence-electron chi connectivity index (χ2n) is 4.93. The van der Waals surface area contributed by atoms with E-state index >= 15 is 0 Å². The molecule has 2 aromatic rings. The van der Waals surface area contributed by atoms with Gasteiger partial charge in [0.2, 0.25) is 0 Å². The highest BCUT2D eigenvalue weighted by atomic mass is 32.2. The van der Waals surface area contributed by atoms with Gasteiger partial charge in [-0.15, -0.1) is 0 Å². The first-order valence-corrected chi connectivity index (χ1v) is 8.65. The fourth-order valence-electron chi connectivity index (χ4n) is 1.93. The van der Waals surface area contributed by atoms with Crippen LogP contribution in [0.4, 0.5) is 4.79 Å². The van der Waals surface area contributed by atoms with Crippen LogP contribution in [-0.4, -0.2) is 76.6 Å². The standard InChI is InChI=1S/C12H12N2O4.C2H7NO3S.Mg.2H/c13-9(11(15)18-12(16)17)5-7-6-14-10-4-2-1-3-8(7)10;3-1-2-7(4,5)6;;;/h1-4,6,9,14H,5,13H2,(H,16,17);1-3H2,(H,4,5,6);;;/t9-;;;;/m0..../s1. The van der Waals surface area contributed by atoms with Crippen molar-refractivity contribution in [1.82, 2.24) is 4.98 Å². The van der Waals surface area contributed by atoms with Crippen LogP contribution in [0.25, 0.3) is 10.9 Å². The highest BCUT2D eigenvalue weighted by molar-refractivity contribution is 7.85. The molecular weight excluding hydrogens is 379 g/mol.